The van der Waals surface area contributed by atoms with E-state index in [2.05, 4.69) is 19.2 Å². The topological polar surface area (TPSA) is 119 Å². The molecular formula is C38H74N2O6. The third-order valence-corrected chi connectivity index (χ3v) is 9.64. The molecule has 0 saturated carbocycles. The number of aliphatic hydroxyl groups is 3. The second-order valence-electron chi connectivity index (χ2n) is 13.9. The predicted molar refractivity (Wildman–Crippen MR) is 188 cm³/mol. The van der Waals surface area contributed by atoms with Crippen molar-refractivity contribution in [2.45, 2.75) is 218 Å². The van der Waals surface area contributed by atoms with Crippen LogP contribution in [0.4, 0.5) is 0 Å². The summed E-state index contributed by atoms with van der Waals surface area (Å²) in [6, 6.07) is -0.969. The molecule has 0 aromatic rings. The zero-order valence-electron chi connectivity index (χ0n) is 30.2. The van der Waals surface area contributed by atoms with Gasteiger partial charge in [0.2, 0.25) is 11.8 Å². The standard InChI is InChI=1S/C38H74N2O6/c1-4-6-8-10-12-14-15-16-17-18-19-20-22-24-26-28-30-40(34(43)29-27-25-23-21-13-11-9-7-5-2)38-35(39-32(3)42)37(45)36(44)33(31-41)46-38/h33,35-38,41,44-45H,4-31H2,1-3H3,(H,39,42)/t33-,35-,36-,37-,38-/m1/s1. The summed E-state index contributed by atoms with van der Waals surface area (Å²) in [6.07, 6.45) is 26.5. The zero-order valence-corrected chi connectivity index (χ0v) is 30.2. The molecule has 2 amide bonds. The average Bonchev–Trinajstić information content (AvgIpc) is 3.04. The first kappa shape index (κ1) is 42.8. The highest BCUT2D eigenvalue weighted by Gasteiger charge is 2.47. The predicted octanol–water partition coefficient (Wildman–Crippen LogP) is 7.94. The summed E-state index contributed by atoms with van der Waals surface area (Å²) < 4.78 is 6.02. The molecule has 0 aromatic heterocycles. The Kier molecular flexibility index (Phi) is 26.8. The number of unbranched alkanes of at least 4 members (excludes halogenated alkanes) is 23. The summed E-state index contributed by atoms with van der Waals surface area (Å²) in [5.74, 6) is -0.439. The van der Waals surface area contributed by atoms with Crippen molar-refractivity contribution in [3.8, 4) is 0 Å². The van der Waals surface area contributed by atoms with E-state index in [4.69, 9.17) is 4.74 Å². The monoisotopic (exact) mass is 655 g/mol. The van der Waals surface area contributed by atoms with Crippen molar-refractivity contribution < 1.29 is 29.6 Å². The van der Waals surface area contributed by atoms with E-state index in [1.54, 1.807) is 4.90 Å². The molecule has 0 aliphatic carbocycles. The van der Waals surface area contributed by atoms with Crippen LogP contribution in [0.25, 0.3) is 0 Å². The lowest BCUT2D eigenvalue weighted by molar-refractivity contribution is -0.231. The molecule has 1 aliphatic heterocycles. The van der Waals surface area contributed by atoms with E-state index in [0.717, 1.165) is 38.5 Å². The van der Waals surface area contributed by atoms with Crippen LogP contribution in [0, 0.1) is 0 Å². The molecule has 5 atom stereocenters. The van der Waals surface area contributed by atoms with Crippen LogP contribution in [0.2, 0.25) is 0 Å². The van der Waals surface area contributed by atoms with Gasteiger partial charge in [-0.3, -0.25) is 9.59 Å². The largest absolute Gasteiger partial charge is 0.394 e. The molecular weight excluding hydrogens is 580 g/mol. The lowest BCUT2D eigenvalue weighted by atomic mass is 9.94. The number of nitrogens with one attached hydrogen (secondary N) is 1. The van der Waals surface area contributed by atoms with Crippen molar-refractivity contribution in [1.82, 2.24) is 10.2 Å². The quantitative estimate of drug-likeness (QED) is 0.0584. The first-order valence-corrected chi connectivity index (χ1v) is 19.6. The molecule has 1 saturated heterocycles. The van der Waals surface area contributed by atoms with Crippen LogP contribution in [-0.2, 0) is 14.3 Å². The second-order valence-corrected chi connectivity index (χ2v) is 13.9. The van der Waals surface area contributed by atoms with Crippen molar-refractivity contribution in [2.24, 2.45) is 0 Å². The van der Waals surface area contributed by atoms with Gasteiger partial charge in [0.1, 0.15) is 24.4 Å². The molecule has 8 nitrogen and oxygen atoms in total. The van der Waals surface area contributed by atoms with Gasteiger partial charge in [0.05, 0.1) is 6.61 Å². The molecule has 1 aliphatic rings. The minimum Gasteiger partial charge on any atom is -0.394 e. The lowest BCUT2D eigenvalue weighted by Gasteiger charge is -2.46. The highest BCUT2D eigenvalue weighted by atomic mass is 16.5. The number of ether oxygens (including phenoxy) is 1. The van der Waals surface area contributed by atoms with E-state index in [1.165, 1.54) is 129 Å². The Morgan fingerprint density at radius 3 is 1.39 bits per heavy atom. The molecule has 272 valence electrons. The van der Waals surface area contributed by atoms with Gasteiger partial charge in [-0.15, -0.1) is 0 Å². The Morgan fingerprint density at radius 1 is 0.609 bits per heavy atom. The Bertz CT molecular complexity index is 738. The van der Waals surface area contributed by atoms with Crippen molar-refractivity contribution in [3.05, 3.63) is 0 Å². The molecule has 4 N–H and O–H groups in total. The SMILES string of the molecule is CCCCCCCCCCCCCCCCCCN(C(=O)CCCCCCCCCCC)[C@@H]1O[C@H](CO)[C@@H](O)[C@H](O)[C@H]1NC(C)=O. The van der Waals surface area contributed by atoms with E-state index < -0.39 is 37.2 Å². The van der Waals surface area contributed by atoms with Gasteiger partial charge < -0.3 is 30.3 Å². The minimum absolute atomic E-state index is 0.0652. The number of aliphatic hydroxyl groups excluding tert-OH is 3. The summed E-state index contributed by atoms with van der Waals surface area (Å²) in [7, 11) is 0. The van der Waals surface area contributed by atoms with Gasteiger partial charge in [0.25, 0.3) is 0 Å². The van der Waals surface area contributed by atoms with Gasteiger partial charge in [-0.1, -0.05) is 162 Å². The number of hydrogen-bond acceptors (Lipinski definition) is 6. The Hall–Kier alpha value is -1.22. The smallest absolute Gasteiger partial charge is 0.224 e. The van der Waals surface area contributed by atoms with E-state index in [9.17, 15) is 24.9 Å². The maximum atomic E-state index is 13.6. The van der Waals surface area contributed by atoms with Gasteiger partial charge in [0.15, 0.2) is 6.23 Å². The summed E-state index contributed by atoms with van der Waals surface area (Å²) in [4.78, 5) is 27.2. The Labute approximate surface area is 282 Å². The summed E-state index contributed by atoms with van der Waals surface area (Å²) in [5.41, 5.74) is 0. The van der Waals surface area contributed by atoms with Crippen molar-refractivity contribution >= 4 is 11.8 Å². The number of carbonyl (C=O) groups excluding carboxylic acids is 2. The Morgan fingerprint density at radius 2 is 1.00 bits per heavy atom. The number of amides is 2. The summed E-state index contributed by atoms with van der Waals surface area (Å²) in [5, 5.41) is 33.9. The molecule has 0 radical (unpaired) electrons. The number of rotatable bonds is 30. The van der Waals surface area contributed by atoms with Crippen LogP contribution in [0.3, 0.4) is 0 Å². The molecule has 0 aromatic carbocycles. The fourth-order valence-electron chi connectivity index (χ4n) is 6.71. The number of hydrogen-bond donors (Lipinski definition) is 4. The van der Waals surface area contributed by atoms with Crippen LogP contribution in [0.1, 0.15) is 188 Å². The lowest BCUT2D eigenvalue weighted by Crippen LogP contribution is -2.68. The third-order valence-electron chi connectivity index (χ3n) is 9.64. The molecule has 1 rings (SSSR count). The van der Waals surface area contributed by atoms with Crippen molar-refractivity contribution in [1.29, 1.82) is 0 Å². The second kappa shape index (κ2) is 28.8. The molecule has 0 unspecified atom stereocenters. The maximum absolute atomic E-state index is 13.6. The summed E-state index contributed by atoms with van der Waals surface area (Å²) in [6.45, 7) is 5.81. The van der Waals surface area contributed by atoms with E-state index >= 15 is 0 Å². The van der Waals surface area contributed by atoms with Crippen LogP contribution in [0.5, 0.6) is 0 Å². The van der Waals surface area contributed by atoms with E-state index in [-0.39, 0.29) is 11.8 Å². The van der Waals surface area contributed by atoms with E-state index in [1.807, 2.05) is 0 Å². The fraction of sp³-hybridized carbons (Fsp3) is 0.947. The third kappa shape index (κ3) is 19.6. The van der Waals surface area contributed by atoms with Gasteiger partial charge in [0, 0.05) is 19.9 Å². The van der Waals surface area contributed by atoms with Gasteiger partial charge in [-0.2, -0.15) is 0 Å². The highest BCUT2D eigenvalue weighted by molar-refractivity contribution is 5.77. The molecule has 1 heterocycles. The zero-order chi connectivity index (χ0) is 33.8. The van der Waals surface area contributed by atoms with Crippen LogP contribution >= 0.6 is 0 Å². The molecule has 0 bridgehead atoms. The average molecular weight is 655 g/mol. The van der Waals surface area contributed by atoms with Gasteiger partial charge in [-0.25, -0.2) is 0 Å². The molecule has 8 heteroatoms. The summed E-state index contributed by atoms with van der Waals surface area (Å²) >= 11 is 0. The van der Waals surface area contributed by atoms with Gasteiger partial charge in [-0.05, 0) is 12.8 Å². The van der Waals surface area contributed by atoms with Crippen molar-refractivity contribution in [2.75, 3.05) is 13.2 Å². The Balaban J connectivity index is 2.51. The van der Waals surface area contributed by atoms with Crippen molar-refractivity contribution in [3.63, 3.8) is 0 Å². The number of carbonyl (C=O) groups is 2. The normalized spacial score (nSPS) is 21.4. The highest BCUT2D eigenvalue weighted by Crippen LogP contribution is 2.26. The van der Waals surface area contributed by atoms with Crippen LogP contribution in [-0.4, -0.2) is 75.8 Å². The number of nitrogens with zero attached hydrogens (tertiary/aromatic N) is 1. The fourth-order valence-corrected chi connectivity index (χ4v) is 6.71. The molecule has 0 spiro atoms. The van der Waals surface area contributed by atoms with Crippen LogP contribution < -0.4 is 5.32 Å². The first-order valence-electron chi connectivity index (χ1n) is 19.6. The molecule has 46 heavy (non-hydrogen) atoms. The molecule has 1 fully saturated rings. The van der Waals surface area contributed by atoms with Gasteiger partial charge >= 0.3 is 0 Å². The minimum atomic E-state index is -1.36. The van der Waals surface area contributed by atoms with Crippen LogP contribution in [0.15, 0.2) is 0 Å². The van der Waals surface area contributed by atoms with E-state index in [0.29, 0.717) is 13.0 Å². The first-order chi connectivity index (χ1) is 22.4. The maximum Gasteiger partial charge on any atom is 0.224 e.